The van der Waals surface area contributed by atoms with Gasteiger partial charge < -0.3 is 10.2 Å². The molecule has 0 saturated carbocycles. The highest BCUT2D eigenvalue weighted by Gasteiger charge is 2.30. The van der Waals surface area contributed by atoms with Crippen LogP contribution in [0.5, 0.6) is 0 Å². The van der Waals surface area contributed by atoms with E-state index in [0.717, 1.165) is 34.0 Å². The van der Waals surface area contributed by atoms with E-state index in [2.05, 4.69) is 28.2 Å². The number of nitro groups is 1. The zero-order valence-corrected chi connectivity index (χ0v) is 23.7. The maximum atomic E-state index is 13.6. The second-order valence-electron chi connectivity index (χ2n) is 8.91. The lowest BCUT2D eigenvalue weighted by Crippen LogP contribution is -2.51. The van der Waals surface area contributed by atoms with Gasteiger partial charge in [0.2, 0.25) is 11.8 Å². The SMILES string of the molecule is CCCCNC(=O)[C@H](Cc1ccccc1)N(Cc1ccc(Br)cc1)C(=O)CSCc1ccc([N+](=O)[O-])cc1. The third-order valence-electron chi connectivity index (χ3n) is 6.01. The van der Waals surface area contributed by atoms with Crippen molar-refractivity contribution in [3.63, 3.8) is 0 Å². The normalized spacial score (nSPS) is 11.5. The summed E-state index contributed by atoms with van der Waals surface area (Å²) in [6, 6.07) is 23.2. The number of unbranched alkanes of at least 4 members (excludes halogenated alkanes) is 1. The Morgan fingerprint density at radius 2 is 1.63 bits per heavy atom. The van der Waals surface area contributed by atoms with E-state index in [9.17, 15) is 19.7 Å². The second kappa shape index (κ2) is 15.3. The van der Waals surface area contributed by atoms with Gasteiger partial charge in [0.1, 0.15) is 6.04 Å². The predicted octanol–water partition coefficient (Wildman–Crippen LogP) is 6.15. The minimum atomic E-state index is -0.662. The summed E-state index contributed by atoms with van der Waals surface area (Å²) in [5, 5.41) is 13.9. The maximum Gasteiger partial charge on any atom is 0.269 e. The number of nitro benzene ring substituents is 1. The third-order valence-corrected chi connectivity index (χ3v) is 7.53. The van der Waals surface area contributed by atoms with E-state index in [1.807, 2.05) is 54.6 Å². The smallest absolute Gasteiger partial charge is 0.269 e. The predicted molar refractivity (Wildman–Crippen MR) is 156 cm³/mol. The van der Waals surface area contributed by atoms with Gasteiger partial charge in [0.15, 0.2) is 0 Å². The van der Waals surface area contributed by atoms with Gasteiger partial charge in [-0.25, -0.2) is 0 Å². The van der Waals surface area contributed by atoms with Crippen molar-refractivity contribution in [3.8, 4) is 0 Å². The molecular weight excluding hydrogens is 566 g/mol. The van der Waals surface area contributed by atoms with Gasteiger partial charge in [-0.1, -0.05) is 83.9 Å². The molecule has 7 nitrogen and oxygen atoms in total. The molecule has 9 heteroatoms. The van der Waals surface area contributed by atoms with Gasteiger partial charge >= 0.3 is 0 Å². The molecule has 0 unspecified atom stereocenters. The van der Waals surface area contributed by atoms with Crippen molar-refractivity contribution in [3.05, 3.63) is 110 Å². The van der Waals surface area contributed by atoms with E-state index in [1.54, 1.807) is 17.0 Å². The van der Waals surface area contributed by atoms with Crippen molar-refractivity contribution >= 4 is 45.2 Å². The molecule has 0 aromatic heterocycles. The van der Waals surface area contributed by atoms with Crippen molar-refractivity contribution in [1.29, 1.82) is 0 Å². The first kappa shape index (κ1) is 29.4. The molecule has 3 aromatic carbocycles. The monoisotopic (exact) mass is 597 g/mol. The largest absolute Gasteiger partial charge is 0.354 e. The molecule has 3 rings (SSSR count). The molecule has 38 heavy (non-hydrogen) atoms. The summed E-state index contributed by atoms with van der Waals surface area (Å²) in [6.45, 7) is 2.94. The van der Waals surface area contributed by atoms with Crippen LogP contribution in [0.15, 0.2) is 83.3 Å². The Bertz CT molecular complexity index is 1190. The number of benzene rings is 3. The summed E-state index contributed by atoms with van der Waals surface area (Å²) >= 11 is 4.88. The van der Waals surface area contributed by atoms with Crippen LogP contribution < -0.4 is 5.32 Å². The number of nitrogens with one attached hydrogen (secondary N) is 1. The Balaban J connectivity index is 1.80. The van der Waals surface area contributed by atoms with Gasteiger partial charge in [0, 0.05) is 41.9 Å². The van der Waals surface area contributed by atoms with E-state index in [1.165, 1.54) is 23.9 Å². The van der Waals surface area contributed by atoms with Crippen LogP contribution in [-0.4, -0.2) is 40.0 Å². The van der Waals surface area contributed by atoms with Gasteiger partial charge in [-0.2, -0.15) is 0 Å². The van der Waals surface area contributed by atoms with Crippen molar-refractivity contribution in [1.82, 2.24) is 10.2 Å². The molecule has 200 valence electrons. The van der Waals surface area contributed by atoms with Crippen LogP contribution in [0.3, 0.4) is 0 Å². The van der Waals surface area contributed by atoms with Crippen LogP contribution in [0, 0.1) is 10.1 Å². The lowest BCUT2D eigenvalue weighted by molar-refractivity contribution is -0.384. The summed E-state index contributed by atoms with van der Waals surface area (Å²) in [6.07, 6.45) is 2.24. The third kappa shape index (κ3) is 9.29. The van der Waals surface area contributed by atoms with Crippen LogP contribution in [0.4, 0.5) is 5.69 Å². The summed E-state index contributed by atoms with van der Waals surface area (Å²) in [4.78, 5) is 39.2. The van der Waals surface area contributed by atoms with E-state index >= 15 is 0 Å². The molecule has 1 N–H and O–H groups in total. The Morgan fingerprint density at radius 3 is 2.26 bits per heavy atom. The number of hydrogen-bond acceptors (Lipinski definition) is 5. The van der Waals surface area contributed by atoms with Crippen LogP contribution in [0.1, 0.15) is 36.5 Å². The lowest BCUT2D eigenvalue weighted by atomic mass is 10.0. The fourth-order valence-corrected chi connectivity index (χ4v) is 5.03. The summed E-state index contributed by atoms with van der Waals surface area (Å²) in [5.74, 6) is 0.419. The highest BCUT2D eigenvalue weighted by atomic mass is 79.9. The summed E-state index contributed by atoms with van der Waals surface area (Å²) in [5.41, 5.74) is 2.84. The fraction of sp³-hybridized carbons (Fsp3) is 0.310. The quantitative estimate of drug-likeness (QED) is 0.137. The van der Waals surface area contributed by atoms with Gasteiger partial charge in [-0.3, -0.25) is 19.7 Å². The Labute approximate surface area is 236 Å². The zero-order chi connectivity index (χ0) is 27.3. The average Bonchev–Trinajstić information content (AvgIpc) is 2.92. The van der Waals surface area contributed by atoms with E-state index in [4.69, 9.17) is 0 Å². The maximum absolute atomic E-state index is 13.6. The first-order chi connectivity index (χ1) is 18.4. The summed E-state index contributed by atoms with van der Waals surface area (Å²) < 4.78 is 0.941. The van der Waals surface area contributed by atoms with Crippen molar-refractivity contribution < 1.29 is 14.5 Å². The number of rotatable bonds is 14. The van der Waals surface area contributed by atoms with E-state index < -0.39 is 11.0 Å². The first-order valence-electron chi connectivity index (χ1n) is 12.5. The zero-order valence-electron chi connectivity index (χ0n) is 21.3. The average molecular weight is 599 g/mol. The van der Waals surface area contributed by atoms with Crippen LogP contribution in [-0.2, 0) is 28.3 Å². The van der Waals surface area contributed by atoms with Crippen LogP contribution >= 0.6 is 27.7 Å². The van der Waals surface area contributed by atoms with E-state index in [0.29, 0.717) is 25.3 Å². The fourth-order valence-electron chi connectivity index (χ4n) is 3.90. The number of carbonyl (C=O) groups is 2. The number of non-ortho nitro benzene ring substituents is 1. The van der Waals surface area contributed by atoms with Crippen molar-refractivity contribution in [2.45, 2.75) is 44.5 Å². The molecule has 2 amide bonds. The molecule has 0 spiro atoms. The van der Waals surface area contributed by atoms with Crippen molar-refractivity contribution in [2.75, 3.05) is 12.3 Å². The molecular formula is C29H32BrN3O4S. The van der Waals surface area contributed by atoms with Gasteiger partial charge in [-0.05, 0) is 35.2 Å². The van der Waals surface area contributed by atoms with Crippen molar-refractivity contribution in [2.24, 2.45) is 0 Å². The van der Waals surface area contributed by atoms with Crippen LogP contribution in [0.25, 0.3) is 0 Å². The Morgan fingerprint density at radius 1 is 0.974 bits per heavy atom. The number of hydrogen-bond donors (Lipinski definition) is 1. The Hall–Kier alpha value is -3.17. The minimum Gasteiger partial charge on any atom is -0.354 e. The summed E-state index contributed by atoms with van der Waals surface area (Å²) in [7, 11) is 0. The second-order valence-corrected chi connectivity index (χ2v) is 10.8. The molecule has 3 aromatic rings. The number of thioether (sulfide) groups is 1. The first-order valence-corrected chi connectivity index (χ1v) is 14.5. The van der Waals surface area contributed by atoms with E-state index in [-0.39, 0.29) is 23.3 Å². The topological polar surface area (TPSA) is 92.6 Å². The Kier molecular flexibility index (Phi) is 11.8. The number of nitrogens with zero attached hydrogens (tertiary/aromatic N) is 2. The minimum absolute atomic E-state index is 0.0355. The molecule has 0 heterocycles. The van der Waals surface area contributed by atoms with Gasteiger partial charge in [-0.15, -0.1) is 11.8 Å². The molecule has 0 aliphatic heterocycles. The standard InChI is InChI=1S/C29H32BrN3O4S/c1-2-3-17-31-29(35)27(18-22-7-5-4-6-8-22)32(19-23-9-13-25(30)14-10-23)28(34)21-38-20-24-11-15-26(16-12-24)33(36)37/h4-16,27H,2-3,17-21H2,1H3,(H,31,35)/t27-/m0/s1. The molecule has 0 radical (unpaired) electrons. The molecule has 0 fully saturated rings. The number of halogens is 1. The highest BCUT2D eigenvalue weighted by Crippen LogP contribution is 2.21. The molecule has 0 bridgehead atoms. The number of amides is 2. The van der Waals surface area contributed by atoms with Gasteiger partial charge in [0.05, 0.1) is 10.7 Å². The van der Waals surface area contributed by atoms with Crippen LogP contribution in [0.2, 0.25) is 0 Å². The highest BCUT2D eigenvalue weighted by molar-refractivity contribution is 9.10. The molecule has 0 aliphatic carbocycles. The molecule has 0 saturated heterocycles. The molecule has 0 aliphatic rings. The van der Waals surface area contributed by atoms with Gasteiger partial charge in [0.25, 0.3) is 5.69 Å². The lowest BCUT2D eigenvalue weighted by Gasteiger charge is -2.31. The molecule has 1 atom stereocenters. The number of carbonyl (C=O) groups excluding carboxylic acids is 2.